The van der Waals surface area contributed by atoms with E-state index < -0.39 is 0 Å². The van der Waals surface area contributed by atoms with Gasteiger partial charge in [0.25, 0.3) is 5.91 Å². The van der Waals surface area contributed by atoms with Crippen molar-refractivity contribution in [2.24, 2.45) is 0 Å². The van der Waals surface area contributed by atoms with Crippen LogP contribution in [-0.4, -0.2) is 5.91 Å². The van der Waals surface area contributed by atoms with Crippen molar-refractivity contribution in [1.29, 1.82) is 0 Å². The molecule has 0 atom stereocenters. The Labute approximate surface area is 131 Å². The van der Waals surface area contributed by atoms with Crippen LogP contribution in [0, 0.1) is 6.92 Å². The fraction of sp³-hybridized carbons (Fsp3) is 0.0714. The summed E-state index contributed by atoms with van der Waals surface area (Å²) in [5, 5.41) is 3.88. The Kier molecular flexibility index (Phi) is 4.43. The molecule has 0 aliphatic heterocycles. The Morgan fingerprint density at radius 3 is 2.50 bits per heavy atom. The third-order valence-electron chi connectivity index (χ3n) is 2.76. The Morgan fingerprint density at radius 2 is 1.80 bits per heavy atom. The van der Waals surface area contributed by atoms with Crippen LogP contribution in [-0.2, 0) is 0 Å². The minimum atomic E-state index is -0.360. The first-order valence-electron chi connectivity index (χ1n) is 5.70. The molecule has 0 aliphatic carbocycles. The van der Waals surface area contributed by atoms with Crippen LogP contribution in [0.15, 0.2) is 30.3 Å². The van der Waals surface area contributed by atoms with Gasteiger partial charge in [-0.3, -0.25) is 4.79 Å². The zero-order chi connectivity index (χ0) is 14.9. The predicted octanol–water partition coefficient (Wildman–Crippen LogP) is 4.79. The zero-order valence-corrected chi connectivity index (χ0v) is 12.8. The number of benzene rings is 2. The number of hydrogen-bond acceptors (Lipinski definition) is 2. The van der Waals surface area contributed by atoms with Gasteiger partial charge < -0.3 is 11.1 Å². The van der Waals surface area contributed by atoms with Gasteiger partial charge in [0.15, 0.2) is 0 Å². The number of rotatable bonds is 2. The monoisotopic (exact) mass is 328 g/mol. The lowest BCUT2D eigenvalue weighted by Gasteiger charge is -2.11. The Hall–Kier alpha value is -1.42. The molecular weight excluding hydrogens is 319 g/mol. The Balaban J connectivity index is 2.32. The van der Waals surface area contributed by atoms with Crippen molar-refractivity contribution in [1.82, 2.24) is 0 Å². The summed E-state index contributed by atoms with van der Waals surface area (Å²) in [6, 6.07) is 7.99. The molecular formula is C14H11Cl3N2O. The van der Waals surface area contributed by atoms with E-state index in [9.17, 15) is 4.79 Å². The van der Waals surface area contributed by atoms with Crippen molar-refractivity contribution in [3.05, 3.63) is 56.5 Å². The standard InChI is InChI=1S/C14H11Cl3N2O/c1-7-4-12(18)11(17)6-13(7)19-14(20)9-5-8(15)2-3-10(9)16/h2-6H,18H2,1H3,(H,19,20). The van der Waals surface area contributed by atoms with E-state index in [1.165, 1.54) is 6.07 Å². The minimum absolute atomic E-state index is 0.298. The quantitative estimate of drug-likeness (QED) is 0.778. The second-order valence-electron chi connectivity index (χ2n) is 4.27. The SMILES string of the molecule is Cc1cc(N)c(Cl)cc1NC(=O)c1cc(Cl)ccc1Cl. The maximum atomic E-state index is 12.2. The molecule has 0 radical (unpaired) electrons. The number of halogens is 3. The van der Waals surface area contributed by atoms with E-state index in [4.69, 9.17) is 40.5 Å². The average molecular weight is 330 g/mol. The number of nitrogens with two attached hydrogens (primary N) is 1. The molecule has 0 spiro atoms. The van der Waals surface area contributed by atoms with Crippen molar-refractivity contribution in [3.63, 3.8) is 0 Å². The first kappa shape index (κ1) is 15.0. The molecule has 2 aromatic carbocycles. The third-order valence-corrected chi connectivity index (χ3v) is 3.66. The van der Waals surface area contributed by atoms with E-state index >= 15 is 0 Å². The van der Waals surface area contributed by atoms with E-state index in [2.05, 4.69) is 5.32 Å². The molecule has 0 unspecified atom stereocenters. The van der Waals surface area contributed by atoms with Crippen LogP contribution in [0.25, 0.3) is 0 Å². The second kappa shape index (κ2) is 5.92. The van der Waals surface area contributed by atoms with E-state index in [0.29, 0.717) is 32.0 Å². The molecule has 20 heavy (non-hydrogen) atoms. The van der Waals surface area contributed by atoms with Crippen molar-refractivity contribution < 1.29 is 4.79 Å². The van der Waals surface area contributed by atoms with E-state index in [0.717, 1.165) is 5.56 Å². The van der Waals surface area contributed by atoms with Gasteiger partial charge in [0.05, 0.1) is 21.3 Å². The highest BCUT2D eigenvalue weighted by molar-refractivity contribution is 6.36. The number of carbonyl (C=O) groups is 1. The number of anilines is 2. The van der Waals surface area contributed by atoms with Crippen LogP contribution in [0.4, 0.5) is 11.4 Å². The first-order chi connectivity index (χ1) is 9.38. The summed E-state index contributed by atoms with van der Waals surface area (Å²) in [6.45, 7) is 1.82. The number of nitrogens with one attached hydrogen (secondary N) is 1. The van der Waals surface area contributed by atoms with Gasteiger partial charge in [-0.15, -0.1) is 0 Å². The molecule has 104 valence electrons. The maximum Gasteiger partial charge on any atom is 0.257 e. The van der Waals surface area contributed by atoms with Gasteiger partial charge in [-0.2, -0.15) is 0 Å². The first-order valence-corrected chi connectivity index (χ1v) is 6.84. The van der Waals surface area contributed by atoms with Gasteiger partial charge in [0.2, 0.25) is 0 Å². The van der Waals surface area contributed by atoms with Crippen LogP contribution in [0.2, 0.25) is 15.1 Å². The third kappa shape index (κ3) is 3.18. The van der Waals surface area contributed by atoms with Gasteiger partial charge in [-0.1, -0.05) is 34.8 Å². The number of hydrogen-bond donors (Lipinski definition) is 2. The Bertz CT molecular complexity index is 686. The van der Waals surface area contributed by atoms with E-state index in [-0.39, 0.29) is 5.91 Å². The molecule has 0 heterocycles. The van der Waals surface area contributed by atoms with Gasteiger partial charge in [0, 0.05) is 10.7 Å². The molecule has 0 aliphatic rings. The van der Waals surface area contributed by atoms with Crippen LogP contribution >= 0.6 is 34.8 Å². The normalized spacial score (nSPS) is 10.4. The molecule has 0 fully saturated rings. The lowest BCUT2D eigenvalue weighted by molar-refractivity contribution is 0.102. The molecule has 2 aromatic rings. The van der Waals surface area contributed by atoms with Crippen LogP contribution in [0.5, 0.6) is 0 Å². The van der Waals surface area contributed by atoms with Gasteiger partial charge in [-0.05, 0) is 42.8 Å². The van der Waals surface area contributed by atoms with Crippen molar-refractivity contribution in [3.8, 4) is 0 Å². The predicted molar refractivity (Wildman–Crippen MR) is 85.0 cm³/mol. The topological polar surface area (TPSA) is 55.1 Å². The molecule has 0 saturated heterocycles. The van der Waals surface area contributed by atoms with Crippen LogP contribution < -0.4 is 11.1 Å². The molecule has 0 saturated carbocycles. The lowest BCUT2D eigenvalue weighted by atomic mass is 10.1. The highest BCUT2D eigenvalue weighted by Crippen LogP contribution is 2.28. The van der Waals surface area contributed by atoms with Crippen molar-refractivity contribution >= 4 is 52.1 Å². The van der Waals surface area contributed by atoms with Crippen molar-refractivity contribution in [2.45, 2.75) is 6.92 Å². The van der Waals surface area contributed by atoms with Gasteiger partial charge in [0.1, 0.15) is 0 Å². The molecule has 0 aromatic heterocycles. The summed E-state index contributed by atoms with van der Waals surface area (Å²) in [7, 11) is 0. The summed E-state index contributed by atoms with van der Waals surface area (Å²) < 4.78 is 0. The highest BCUT2D eigenvalue weighted by Gasteiger charge is 2.13. The number of nitrogen functional groups attached to an aromatic ring is 1. The fourth-order valence-corrected chi connectivity index (χ4v) is 2.24. The van der Waals surface area contributed by atoms with Gasteiger partial charge in [-0.25, -0.2) is 0 Å². The summed E-state index contributed by atoms with van der Waals surface area (Å²) >= 11 is 17.8. The molecule has 0 bridgehead atoms. The summed E-state index contributed by atoms with van der Waals surface area (Å²) in [4.78, 5) is 12.2. The summed E-state index contributed by atoms with van der Waals surface area (Å²) in [6.07, 6.45) is 0. The molecule has 3 N–H and O–H groups in total. The van der Waals surface area contributed by atoms with Crippen LogP contribution in [0.1, 0.15) is 15.9 Å². The van der Waals surface area contributed by atoms with Gasteiger partial charge >= 0.3 is 0 Å². The van der Waals surface area contributed by atoms with Crippen molar-refractivity contribution in [2.75, 3.05) is 11.1 Å². The minimum Gasteiger partial charge on any atom is -0.398 e. The Morgan fingerprint density at radius 1 is 1.10 bits per heavy atom. The second-order valence-corrected chi connectivity index (χ2v) is 5.52. The fourth-order valence-electron chi connectivity index (χ4n) is 1.70. The molecule has 3 nitrogen and oxygen atoms in total. The largest absolute Gasteiger partial charge is 0.398 e. The highest BCUT2D eigenvalue weighted by atomic mass is 35.5. The number of carbonyl (C=O) groups excluding carboxylic acids is 1. The zero-order valence-electron chi connectivity index (χ0n) is 10.5. The summed E-state index contributed by atoms with van der Waals surface area (Å²) in [5.41, 5.74) is 7.83. The smallest absolute Gasteiger partial charge is 0.257 e. The maximum absolute atomic E-state index is 12.2. The molecule has 1 amide bonds. The summed E-state index contributed by atoms with van der Waals surface area (Å²) in [5.74, 6) is -0.360. The van der Waals surface area contributed by atoms with E-state index in [1.807, 2.05) is 6.92 Å². The van der Waals surface area contributed by atoms with E-state index in [1.54, 1.807) is 24.3 Å². The average Bonchev–Trinajstić information content (AvgIpc) is 2.38. The lowest BCUT2D eigenvalue weighted by Crippen LogP contribution is -2.13. The number of aryl methyl sites for hydroxylation is 1. The van der Waals surface area contributed by atoms with Crippen LogP contribution in [0.3, 0.4) is 0 Å². The molecule has 6 heteroatoms. The molecule has 2 rings (SSSR count). The number of amides is 1.